The number of carbonyl (C=O) groups is 2. The molecule has 13 heteroatoms. The van der Waals surface area contributed by atoms with Crippen molar-refractivity contribution in [3.8, 4) is 11.5 Å². The Morgan fingerprint density at radius 1 is 0.667 bits per heavy atom. The lowest BCUT2D eigenvalue weighted by Gasteiger charge is -2.17. The lowest BCUT2D eigenvalue weighted by molar-refractivity contribution is -0.143. The molecule has 39 heavy (non-hydrogen) atoms. The van der Waals surface area contributed by atoms with Crippen LogP contribution in [0.2, 0.25) is 0 Å². The van der Waals surface area contributed by atoms with Gasteiger partial charge in [0, 0.05) is 5.41 Å². The molecule has 0 saturated carbocycles. The molecule has 2 rings (SSSR count). The monoisotopic (exact) mass is 588 g/mol. The molecule has 0 radical (unpaired) electrons. The molecule has 216 valence electrons. The molecule has 0 bridgehead atoms. The van der Waals surface area contributed by atoms with Gasteiger partial charge in [0.25, 0.3) is 0 Å². The first-order valence-electron chi connectivity index (χ1n) is 10.6. The molecule has 4 nitrogen and oxygen atoms in total. The molecular weight excluding hydrogens is 564 g/mol. The van der Waals surface area contributed by atoms with Crippen molar-refractivity contribution >= 4 is 35.0 Å². The molecule has 0 heterocycles. The van der Waals surface area contributed by atoms with Crippen molar-refractivity contribution in [1.82, 2.24) is 0 Å². The summed E-state index contributed by atoms with van der Waals surface area (Å²) in [5.41, 5.74) is -3.34. The van der Waals surface area contributed by atoms with Crippen molar-refractivity contribution < 1.29 is 54.6 Å². The van der Waals surface area contributed by atoms with E-state index in [4.69, 9.17) is 16.7 Å². The van der Waals surface area contributed by atoms with Crippen LogP contribution in [0.3, 0.4) is 0 Å². The van der Waals surface area contributed by atoms with Crippen molar-refractivity contribution in [2.45, 2.75) is 41.5 Å². The van der Waals surface area contributed by atoms with E-state index in [0.717, 1.165) is 0 Å². The maximum Gasteiger partial charge on any atom is 0.316 e. The summed E-state index contributed by atoms with van der Waals surface area (Å²) in [6.07, 6.45) is 1.25. The van der Waals surface area contributed by atoms with Crippen LogP contribution in [0.15, 0.2) is 13.2 Å². The molecule has 0 aromatic heterocycles. The fourth-order valence-electron chi connectivity index (χ4n) is 1.96. The largest absolute Gasteiger partial charge is 0.503 e. The van der Waals surface area contributed by atoms with Gasteiger partial charge in [-0.15, -0.1) is 0 Å². The number of benzene rings is 2. The fraction of sp³-hybridized carbons (Fsp3) is 0.308. The van der Waals surface area contributed by atoms with Crippen molar-refractivity contribution in [3.63, 3.8) is 0 Å². The maximum absolute atomic E-state index is 13.5. The van der Waals surface area contributed by atoms with Crippen LogP contribution in [0.1, 0.15) is 52.7 Å². The summed E-state index contributed by atoms with van der Waals surface area (Å²) < 4.78 is 109. The number of esters is 1. The van der Waals surface area contributed by atoms with Crippen LogP contribution in [0.4, 0.5) is 35.1 Å². The first-order chi connectivity index (χ1) is 17.6. The summed E-state index contributed by atoms with van der Waals surface area (Å²) >= 11 is 5.11. The Morgan fingerprint density at radius 3 is 1.18 bits per heavy atom. The van der Waals surface area contributed by atoms with E-state index in [1.54, 1.807) is 20.8 Å². The van der Waals surface area contributed by atoms with Crippen molar-refractivity contribution in [2.24, 2.45) is 10.8 Å². The maximum atomic E-state index is 13.5. The first kappa shape index (κ1) is 35.6. The van der Waals surface area contributed by atoms with Crippen LogP contribution < -0.4 is 4.74 Å². The number of halogens is 9. The Bertz CT molecular complexity index is 1220. The summed E-state index contributed by atoms with van der Waals surface area (Å²) in [7, 11) is 0. The summed E-state index contributed by atoms with van der Waals surface area (Å²) in [5.74, 6) is -17.9. The molecule has 2 aromatic carbocycles. The van der Waals surface area contributed by atoms with Gasteiger partial charge in [-0.25, -0.2) is 17.6 Å². The third kappa shape index (κ3) is 8.81. The SMILES string of the molecule is C=Cc1c(F)c(F)c(O)c(F)c1F.C=Cc1c(F)c(F)c(OC(=O)C(C)(C)C)c(F)c1F.CC(C)(C)C(=O)Cl. The third-order valence-electron chi connectivity index (χ3n) is 4.34. The zero-order chi connectivity index (χ0) is 31.2. The lowest BCUT2D eigenvalue weighted by atomic mass is 9.97. The van der Waals surface area contributed by atoms with Gasteiger partial charge < -0.3 is 9.84 Å². The number of ether oxygens (including phenoxy) is 1. The highest BCUT2D eigenvalue weighted by Crippen LogP contribution is 2.32. The first-order valence-corrected chi connectivity index (χ1v) is 11.0. The predicted octanol–water partition coefficient (Wildman–Crippen LogP) is 8.23. The molecule has 0 unspecified atom stereocenters. The minimum Gasteiger partial charge on any atom is -0.503 e. The average Bonchev–Trinajstić information content (AvgIpc) is 2.83. The zero-order valence-electron chi connectivity index (χ0n) is 21.6. The average molecular weight is 589 g/mol. The minimum atomic E-state index is -1.83. The van der Waals surface area contributed by atoms with E-state index >= 15 is 0 Å². The van der Waals surface area contributed by atoms with E-state index in [-0.39, 0.29) is 10.7 Å². The van der Waals surface area contributed by atoms with Crippen molar-refractivity contribution in [1.29, 1.82) is 0 Å². The van der Waals surface area contributed by atoms with Crippen LogP contribution in [-0.2, 0) is 9.59 Å². The number of phenolic OH excluding ortho intramolecular Hbond substituents is 1. The van der Waals surface area contributed by atoms with Crippen LogP contribution in [0.25, 0.3) is 12.2 Å². The van der Waals surface area contributed by atoms with Crippen molar-refractivity contribution in [2.75, 3.05) is 0 Å². The number of hydrogen-bond acceptors (Lipinski definition) is 4. The standard InChI is InChI=1S/C13H12F4O2.C8H4F4O.C5H9ClO/c1-5-6-7(14)9(16)11(10(17)8(6)15)19-12(18)13(2,3)4;1-2-3-4(9)6(11)8(13)7(12)5(3)10;1-5(2,3)4(6)7/h5H,1H2,2-4H3;2,13H,1H2;1-3H3. The minimum absolute atomic E-state index is 0.285. The number of hydrogen-bond donors (Lipinski definition) is 1. The van der Waals surface area contributed by atoms with E-state index in [9.17, 15) is 44.7 Å². The highest BCUT2D eigenvalue weighted by molar-refractivity contribution is 6.64. The summed E-state index contributed by atoms with van der Waals surface area (Å²) in [6, 6.07) is 0. The number of rotatable bonds is 3. The Hall–Kier alpha value is -3.41. The number of carbonyl (C=O) groups excluding carboxylic acids is 2. The molecule has 2 aromatic rings. The molecule has 0 aliphatic heterocycles. The highest BCUT2D eigenvalue weighted by Gasteiger charge is 2.31. The second-order valence-corrected chi connectivity index (χ2v) is 9.93. The van der Waals surface area contributed by atoms with Gasteiger partial charge in [-0.3, -0.25) is 9.59 Å². The van der Waals surface area contributed by atoms with E-state index in [2.05, 4.69) is 17.9 Å². The third-order valence-corrected chi connectivity index (χ3v) is 4.90. The van der Waals surface area contributed by atoms with Gasteiger partial charge in [-0.2, -0.15) is 17.6 Å². The Kier molecular flexibility index (Phi) is 12.4. The number of phenols is 1. The number of aromatic hydroxyl groups is 1. The van der Waals surface area contributed by atoms with E-state index < -0.39 is 80.5 Å². The molecule has 0 amide bonds. The molecule has 0 atom stereocenters. The van der Waals surface area contributed by atoms with E-state index in [1.807, 2.05) is 0 Å². The molecule has 0 aliphatic carbocycles. The second kappa shape index (κ2) is 13.6. The summed E-state index contributed by atoms with van der Waals surface area (Å²) in [4.78, 5) is 21.7. The highest BCUT2D eigenvalue weighted by atomic mass is 35.5. The van der Waals surface area contributed by atoms with Gasteiger partial charge >= 0.3 is 5.97 Å². The van der Waals surface area contributed by atoms with Crippen LogP contribution in [0, 0.1) is 57.4 Å². The molecule has 0 aliphatic rings. The summed E-state index contributed by atoms with van der Waals surface area (Å²) in [5, 5.41) is 8.24. The van der Waals surface area contributed by atoms with Crippen LogP contribution in [-0.4, -0.2) is 16.3 Å². The molecule has 1 N–H and O–H groups in total. The normalized spacial score (nSPS) is 10.9. The molecule has 0 saturated heterocycles. The van der Waals surface area contributed by atoms with Gasteiger partial charge in [0.05, 0.1) is 16.5 Å². The quantitative estimate of drug-likeness (QED) is 0.129. The smallest absolute Gasteiger partial charge is 0.316 e. The Morgan fingerprint density at radius 2 is 0.949 bits per heavy atom. The predicted molar refractivity (Wildman–Crippen MR) is 130 cm³/mol. The Balaban J connectivity index is 0.000000622. The second-order valence-electron chi connectivity index (χ2n) is 9.59. The van der Waals surface area contributed by atoms with Crippen LogP contribution in [0.5, 0.6) is 11.5 Å². The van der Waals surface area contributed by atoms with Gasteiger partial charge in [0.1, 0.15) is 0 Å². The van der Waals surface area contributed by atoms with E-state index in [0.29, 0.717) is 12.2 Å². The van der Waals surface area contributed by atoms with Gasteiger partial charge in [0.2, 0.25) is 34.3 Å². The topological polar surface area (TPSA) is 63.6 Å². The fourth-order valence-corrected chi connectivity index (χ4v) is 1.96. The van der Waals surface area contributed by atoms with Gasteiger partial charge in [-0.05, 0) is 32.4 Å². The Labute approximate surface area is 224 Å². The van der Waals surface area contributed by atoms with Crippen LogP contribution >= 0.6 is 11.6 Å². The zero-order valence-corrected chi connectivity index (χ0v) is 22.4. The lowest BCUT2D eigenvalue weighted by Crippen LogP contribution is -2.26. The van der Waals surface area contributed by atoms with Gasteiger partial charge in [-0.1, -0.05) is 46.1 Å². The summed E-state index contributed by atoms with van der Waals surface area (Å²) in [6.45, 7) is 15.6. The van der Waals surface area contributed by atoms with Gasteiger partial charge in [0.15, 0.2) is 29.0 Å². The molecule has 0 spiro atoms. The molecule has 0 fully saturated rings. The molecular formula is C26H25ClF8O4. The van der Waals surface area contributed by atoms with Crippen molar-refractivity contribution in [3.05, 3.63) is 70.8 Å². The van der Waals surface area contributed by atoms with E-state index in [1.165, 1.54) is 20.8 Å².